The summed E-state index contributed by atoms with van der Waals surface area (Å²) < 4.78 is 6.91. The minimum Gasteiger partial charge on any atom is -0.481 e. The number of aromatic nitrogens is 5. The lowest BCUT2D eigenvalue weighted by molar-refractivity contribution is 0.397. The molecule has 2 aromatic heterocycles. The van der Waals surface area contributed by atoms with E-state index >= 15 is 0 Å². The Morgan fingerprint density at radius 2 is 2.22 bits per heavy atom. The fourth-order valence-electron chi connectivity index (χ4n) is 1.57. The average molecular weight is 248 g/mol. The Kier molecular flexibility index (Phi) is 3.71. The molecular formula is C11H16N6O. The summed E-state index contributed by atoms with van der Waals surface area (Å²) in [5.41, 5.74) is 0.848. The summed E-state index contributed by atoms with van der Waals surface area (Å²) in [7, 11) is 1.58. The fourth-order valence-corrected chi connectivity index (χ4v) is 1.57. The van der Waals surface area contributed by atoms with Gasteiger partial charge in [-0.15, -0.1) is 0 Å². The monoisotopic (exact) mass is 248 g/mol. The van der Waals surface area contributed by atoms with Gasteiger partial charge in [-0.25, -0.2) is 14.6 Å². The van der Waals surface area contributed by atoms with Crippen LogP contribution in [-0.2, 0) is 13.1 Å². The SMILES string of the molecule is CCn1ncnc1CNc1nc(C)cc(OC)n1. The van der Waals surface area contributed by atoms with Crippen molar-refractivity contribution in [3.63, 3.8) is 0 Å². The van der Waals surface area contributed by atoms with E-state index in [9.17, 15) is 0 Å². The van der Waals surface area contributed by atoms with Gasteiger partial charge in [-0.3, -0.25) is 0 Å². The second-order valence-corrected chi connectivity index (χ2v) is 3.72. The Morgan fingerprint density at radius 1 is 1.39 bits per heavy atom. The molecule has 1 N–H and O–H groups in total. The molecule has 2 aromatic rings. The minimum absolute atomic E-state index is 0.525. The third-order valence-corrected chi connectivity index (χ3v) is 2.44. The first kappa shape index (κ1) is 12.3. The third kappa shape index (κ3) is 2.73. The number of methoxy groups -OCH3 is 1. The van der Waals surface area contributed by atoms with Crippen molar-refractivity contribution in [3.8, 4) is 5.88 Å². The van der Waals surface area contributed by atoms with Gasteiger partial charge in [0.25, 0.3) is 0 Å². The van der Waals surface area contributed by atoms with Crippen LogP contribution < -0.4 is 10.1 Å². The lowest BCUT2D eigenvalue weighted by Gasteiger charge is -2.07. The zero-order valence-corrected chi connectivity index (χ0v) is 10.7. The van der Waals surface area contributed by atoms with Crippen molar-refractivity contribution in [2.75, 3.05) is 12.4 Å². The molecule has 0 aromatic carbocycles. The molecule has 0 bridgehead atoms. The molecule has 0 aliphatic carbocycles. The molecule has 0 aliphatic heterocycles. The smallest absolute Gasteiger partial charge is 0.226 e. The van der Waals surface area contributed by atoms with Crippen molar-refractivity contribution in [2.24, 2.45) is 0 Å². The highest BCUT2D eigenvalue weighted by atomic mass is 16.5. The van der Waals surface area contributed by atoms with E-state index in [1.54, 1.807) is 13.2 Å². The number of nitrogens with zero attached hydrogens (tertiary/aromatic N) is 5. The third-order valence-electron chi connectivity index (χ3n) is 2.44. The van der Waals surface area contributed by atoms with Gasteiger partial charge in [0.2, 0.25) is 11.8 Å². The first-order valence-corrected chi connectivity index (χ1v) is 5.73. The predicted octanol–water partition coefficient (Wildman–Crippen LogP) is 1.02. The van der Waals surface area contributed by atoms with Crippen molar-refractivity contribution in [3.05, 3.63) is 23.9 Å². The molecule has 0 aliphatic rings. The van der Waals surface area contributed by atoms with Crippen LogP contribution in [0.3, 0.4) is 0 Å². The molecule has 0 atom stereocenters. The zero-order chi connectivity index (χ0) is 13.0. The summed E-state index contributed by atoms with van der Waals surface area (Å²) in [6, 6.07) is 1.78. The summed E-state index contributed by atoms with van der Waals surface area (Å²) in [6.45, 7) is 5.23. The highest BCUT2D eigenvalue weighted by Gasteiger charge is 2.05. The number of hydrogen-bond acceptors (Lipinski definition) is 6. The van der Waals surface area contributed by atoms with E-state index in [0.29, 0.717) is 18.4 Å². The molecule has 0 fully saturated rings. The van der Waals surface area contributed by atoms with E-state index in [-0.39, 0.29) is 0 Å². The van der Waals surface area contributed by atoms with Gasteiger partial charge in [-0.1, -0.05) is 0 Å². The van der Waals surface area contributed by atoms with Gasteiger partial charge < -0.3 is 10.1 Å². The van der Waals surface area contributed by atoms with Crippen molar-refractivity contribution in [2.45, 2.75) is 26.9 Å². The van der Waals surface area contributed by atoms with Crippen LogP contribution in [0.15, 0.2) is 12.4 Å². The van der Waals surface area contributed by atoms with Crippen LogP contribution in [0.5, 0.6) is 5.88 Å². The van der Waals surface area contributed by atoms with E-state index in [0.717, 1.165) is 18.1 Å². The highest BCUT2D eigenvalue weighted by molar-refractivity contribution is 5.30. The lowest BCUT2D eigenvalue weighted by Crippen LogP contribution is -2.11. The van der Waals surface area contributed by atoms with Gasteiger partial charge in [-0.05, 0) is 13.8 Å². The summed E-state index contributed by atoms with van der Waals surface area (Å²) >= 11 is 0. The fraction of sp³-hybridized carbons (Fsp3) is 0.455. The number of nitrogens with one attached hydrogen (secondary N) is 1. The van der Waals surface area contributed by atoms with Gasteiger partial charge >= 0.3 is 0 Å². The Labute approximate surface area is 105 Å². The largest absolute Gasteiger partial charge is 0.481 e. The van der Waals surface area contributed by atoms with E-state index in [1.165, 1.54) is 6.33 Å². The highest BCUT2D eigenvalue weighted by Crippen LogP contribution is 2.11. The molecule has 2 heterocycles. The molecule has 7 nitrogen and oxygen atoms in total. The maximum Gasteiger partial charge on any atom is 0.226 e. The van der Waals surface area contributed by atoms with Gasteiger partial charge in [-0.2, -0.15) is 10.1 Å². The van der Waals surface area contributed by atoms with E-state index in [4.69, 9.17) is 4.74 Å². The second kappa shape index (κ2) is 5.44. The number of aryl methyl sites for hydroxylation is 2. The predicted molar refractivity (Wildman–Crippen MR) is 66.3 cm³/mol. The molecule has 0 saturated carbocycles. The second-order valence-electron chi connectivity index (χ2n) is 3.72. The average Bonchev–Trinajstić information content (AvgIpc) is 2.83. The summed E-state index contributed by atoms with van der Waals surface area (Å²) in [5.74, 6) is 1.92. The van der Waals surface area contributed by atoms with Gasteiger partial charge in [0.15, 0.2) is 0 Å². The van der Waals surface area contributed by atoms with Crippen molar-refractivity contribution < 1.29 is 4.74 Å². The Hall–Kier alpha value is -2.18. The Bertz CT molecular complexity index is 524. The Morgan fingerprint density at radius 3 is 2.94 bits per heavy atom. The van der Waals surface area contributed by atoms with Crippen LogP contribution >= 0.6 is 0 Å². The molecule has 18 heavy (non-hydrogen) atoms. The van der Waals surface area contributed by atoms with Gasteiger partial charge in [0, 0.05) is 18.3 Å². The maximum atomic E-state index is 5.09. The molecule has 0 saturated heterocycles. The van der Waals surface area contributed by atoms with Crippen LogP contribution in [0.4, 0.5) is 5.95 Å². The number of ether oxygens (including phenoxy) is 1. The lowest BCUT2D eigenvalue weighted by atomic mass is 10.4. The molecule has 0 amide bonds. The van der Waals surface area contributed by atoms with Crippen molar-refractivity contribution in [1.29, 1.82) is 0 Å². The molecule has 0 spiro atoms. The van der Waals surface area contributed by atoms with Gasteiger partial charge in [0.05, 0.1) is 13.7 Å². The van der Waals surface area contributed by atoms with Crippen LogP contribution in [0.2, 0.25) is 0 Å². The van der Waals surface area contributed by atoms with E-state index < -0.39 is 0 Å². The van der Waals surface area contributed by atoms with Crippen LogP contribution in [0.25, 0.3) is 0 Å². The van der Waals surface area contributed by atoms with Crippen LogP contribution in [0, 0.1) is 6.92 Å². The molecule has 0 radical (unpaired) electrons. The normalized spacial score (nSPS) is 10.4. The van der Waals surface area contributed by atoms with Crippen LogP contribution in [-0.4, -0.2) is 31.8 Å². The topological polar surface area (TPSA) is 77.8 Å². The molecule has 7 heteroatoms. The number of anilines is 1. The van der Waals surface area contributed by atoms with Crippen molar-refractivity contribution in [1.82, 2.24) is 24.7 Å². The van der Waals surface area contributed by atoms with E-state index in [2.05, 4.69) is 25.4 Å². The summed E-state index contributed by atoms with van der Waals surface area (Å²) in [4.78, 5) is 12.7. The quantitative estimate of drug-likeness (QED) is 0.851. The molecule has 96 valence electrons. The minimum atomic E-state index is 0.525. The number of hydrogen-bond donors (Lipinski definition) is 1. The molecule has 2 rings (SSSR count). The first-order valence-electron chi connectivity index (χ1n) is 5.73. The summed E-state index contributed by atoms with van der Waals surface area (Å²) in [5, 5.41) is 7.21. The van der Waals surface area contributed by atoms with Gasteiger partial charge in [0.1, 0.15) is 12.2 Å². The Balaban J connectivity index is 2.08. The zero-order valence-electron chi connectivity index (χ0n) is 10.7. The molecule has 0 unspecified atom stereocenters. The van der Waals surface area contributed by atoms with E-state index in [1.807, 2.05) is 18.5 Å². The van der Waals surface area contributed by atoms with Crippen LogP contribution in [0.1, 0.15) is 18.4 Å². The first-order chi connectivity index (χ1) is 8.72. The standard InChI is InChI=1S/C11H16N6O/c1-4-17-9(13-7-14-17)6-12-11-15-8(2)5-10(16-11)18-3/h5,7H,4,6H2,1-3H3,(H,12,15,16). The summed E-state index contributed by atoms with van der Waals surface area (Å²) in [6.07, 6.45) is 1.54. The number of rotatable bonds is 5. The maximum absolute atomic E-state index is 5.09. The van der Waals surface area contributed by atoms with Crippen molar-refractivity contribution >= 4 is 5.95 Å². The molecular weight excluding hydrogens is 232 g/mol.